The van der Waals surface area contributed by atoms with Gasteiger partial charge in [-0.05, 0) is 37.7 Å². The van der Waals surface area contributed by atoms with Gasteiger partial charge in [-0.1, -0.05) is 24.9 Å². The van der Waals surface area contributed by atoms with Crippen LogP contribution in [0.1, 0.15) is 41.7 Å². The summed E-state index contributed by atoms with van der Waals surface area (Å²) in [5, 5.41) is 11.7. The van der Waals surface area contributed by atoms with E-state index in [0.717, 1.165) is 24.3 Å². The Morgan fingerprint density at radius 2 is 2.17 bits per heavy atom. The SMILES string of the molecule is CCCCCOc1ccc(NC(=S)NC(=O)c2cc(-c3csc(C)n3)on2)cc1F. The van der Waals surface area contributed by atoms with E-state index >= 15 is 0 Å². The minimum absolute atomic E-state index is 0.00469. The molecule has 1 aromatic carbocycles. The van der Waals surface area contributed by atoms with Crippen molar-refractivity contribution >= 4 is 40.3 Å². The Bertz CT molecular complexity index is 1030. The maximum Gasteiger partial charge on any atom is 0.279 e. The van der Waals surface area contributed by atoms with Gasteiger partial charge in [0.2, 0.25) is 0 Å². The molecule has 0 radical (unpaired) electrons. The van der Waals surface area contributed by atoms with Crippen molar-refractivity contribution in [1.82, 2.24) is 15.5 Å². The van der Waals surface area contributed by atoms with Crippen LogP contribution in [-0.4, -0.2) is 27.8 Å². The molecule has 10 heteroatoms. The molecule has 0 fully saturated rings. The van der Waals surface area contributed by atoms with Crippen LogP contribution in [0.25, 0.3) is 11.5 Å². The standard InChI is InChI=1S/C20H21FN4O3S2/c1-3-4-5-8-27-17-7-6-13(9-14(17)21)23-20(29)24-19(26)15-10-18(28-25-15)16-11-30-12(2)22-16/h6-7,9-11H,3-5,8H2,1-2H3,(H2,23,24,26,29). The lowest BCUT2D eigenvalue weighted by Gasteiger charge is -2.11. The molecule has 0 saturated carbocycles. The van der Waals surface area contributed by atoms with E-state index in [2.05, 4.69) is 27.7 Å². The minimum Gasteiger partial charge on any atom is -0.491 e. The van der Waals surface area contributed by atoms with Gasteiger partial charge in [-0.2, -0.15) is 0 Å². The average Bonchev–Trinajstić information content (AvgIpc) is 3.35. The summed E-state index contributed by atoms with van der Waals surface area (Å²) < 4.78 is 24.8. The molecular formula is C20H21FN4O3S2. The van der Waals surface area contributed by atoms with Gasteiger partial charge in [0, 0.05) is 23.2 Å². The number of thiocarbonyl (C=S) groups is 1. The van der Waals surface area contributed by atoms with E-state index in [-0.39, 0.29) is 16.6 Å². The van der Waals surface area contributed by atoms with E-state index in [4.69, 9.17) is 21.5 Å². The van der Waals surface area contributed by atoms with Crippen molar-refractivity contribution in [2.45, 2.75) is 33.1 Å². The number of aromatic nitrogens is 2. The van der Waals surface area contributed by atoms with Gasteiger partial charge in [0.25, 0.3) is 5.91 Å². The molecule has 0 saturated heterocycles. The molecule has 0 aliphatic rings. The lowest BCUT2D eigenvalue weighted by Crippen LogP contribution is -2.34. The van der Waals surface area contributed by atoms with E-state index in [1.807, 2.05) is 12.3 Å². The van der Waals surface area contributed by atoms with Crippen LogP contribution >= 0.6 is 23.6 Å². The van der Waals surface area contributed by atoms with Crippen molar-refractivity contribution < 1.29 is 18.4 Å². The molecule has 0 unspecified atom stereocenters. The number of aryl methyl sites for hydroxylation is 1. The highest BCUT2D eigenvalue weighted by Gasteiger charge is 2.16. The molecule has 0 aliphatic carbocycles. The summed E-state index contributed by atoms with van der Waals surface area (Å²) in [5.41, 5.74) is 1.05. The number of carbonyl (C=O) groups is 1. The lowest BCUT2D eigenvalue weighted by atomic mass is 10.2. The van der Waals surface area contributed by atoms with Gasteiger partial charge in [-0.3, -0.25) is 10.1 Å². The van der Waals surface area contributed by atoms with Gasteiger partial charge in [0.1, 0.15) is 5.69 Å². The summed E-state index contributed by atoms with van der Waals surface area (Å²) in [7, 11) is 0. The van der Waals surface area contributed by atoms with Crippen molar-refractivity contribution in [3.63, 3.8) is 0 Å². The topological polar surface area (TPSA) is 89.3 Å². The van der Waals surface area contributed by atoms with E-state index in [1.165, 1.54) is 29.5 Å². The highest BCUT2D eigenvalue weighted by atomic mass is 32.1. The van der Waals surface area contributed by atoms with Gasteiger partial charge in [-0.25, -0.2) is 9.37 Å². The quantitative estimate of drug-likeness (QED) is 0.373. The number of hydrogen-bond acceptors (Lipinski definition) is 7. The summed E-state index contributed by atoms with van der Waals surface area (Å²) >= 11 is 6.59. The number of nitrogens with zero attached hydrogens (tertiary/aromatic N) is 2. The molecule has 0 bridgehead atoms. The average molecular weight is 449 g/mol. The summed E-state index contributed by atoms with van der Waals surface area (Å²) in [6.07, 6.45) is 2.97. The fourth-order valence-electron chi connectivity index (χ4n) is 2.54. The first-order chi connectivity index (χ1) is 14.5. The Hall–Kier alpha value is -2.85. The molecule has 2 N–H and O–H groups in total. The Morgan fingerprint density at radius 1 is 1.33 bits per heavy atom. The summed E-state index contributed by atoms with van der Waals surface area (Å²) in [5.74, 6) is -0.491. The third-order valence-corrected chi connectivity index (χ3v) is 5.01. The molecular weight excluding hydrogens is 427 g/mol. The number of halogens is 1. The molecule has 158 valence electrons. The number of unbranched alkanes of at least 4 members (excludes halogenated alkanes) is 2. The molecule has 2 heterocycles. The molecule has 0 atom stereocenters. The zero-order valence-corrected chi connectivity index (χ0v) is 18.2. The van der Waals surface area contributed by atoms with Crippen LogP contribution in [0.4, 0.5) is 10.1 Å². The normalized spacial score (nSPS) is 10.6. The van der Waals surface area contributed by atoms with E-state index in [1.54, 1.807) is 6.07 Å². The molecule has 3 aromatic rings. The van der Waals surface area contributed by atoms with Crippen molar-refractivity contribution in [2.75, 3.05) is 11.9 Å². The van der Waals surface area contributed by atoms with Crippen molar-refractivity contribution in [3.8, 4) is 17.2 Å². The Morgan fingerprint density at radius 3 is 2.87 bits per heavy atom. The second-order valence-corrected chi connectivity index (χ2v) is 7.91. The number of amides is 1. The van der Waals surface area contributed by atoms with Crippen LogP contribution in [0.15, 0.2) is 34.2 Å². The summed E-state index contributed by atoms with van der Waals surface area (Å²) in [6.45, 7) is 4.42. The van der Waals surface area contributed by atoms with Gasteiger partial charge in [0.15, 0.2) is 28.1 Å². The van der Waals surface area contributed by atoms with Gasteiger partial charge in [-0.15, -0.1) is 11.3 Å². The second kappa shape index (κ2) is 10.3. The van der Waals surface area contributed by atoms with Crippen molar-refractivity contribution in [1.29, 1.82) is 0 Å². The van der Waals surface area contributed by atoms with E-state index in [9.17, 15) is 9.18 Å². The first-order valence-electron chi connectivity index (χ1n) is 9.40. The van der Waals surface area contributed by atoms with Crippen LogP contribution in [0.2, 0.25) is 0 Å². The number of anilines is 1. The Labute approximate surface area is 182 Å². The first kappa shape index (κ1) is 21.8. The third-order valence-electron chi connectivity index (χ3n) is 4.04. The number of hydrogen-bond donors (Lipinski definition) is 2. The predicted octanol–water partition coefficient (Wildman–Crippen LogP) is 4.94. The molecule has 0 aliphatic heterocycles. The van der Waals surface area contributed by atoms with E-state index in [0.29, 0.717) is 23.7 Å². The van der Waals surface area contributed by atoms with Crippen LogP contribution < -0.4 is 15.4 Å². The summed E-state index contributed by atoms with van der Waals surface area (Å²) in [4.78, 5) is 16.6. The van der Waals surface area contributed by atoms with Gasteiger partial charge < -0.3 is 14.6 Å². The van der Waals surface area contributed by atoms with Crippen molar-refractivity contribution in [3.05, 3.63) is 46.2 Å². The number of benzene rings is 1. The Kier molecular flexibility index (Phi) is 7.47. The van der Waals surface area contributed by atoms with E-state index < -0.39 is 11.7 Å². The minimum atomic E-state index is -0.550. The molecule has 0 spiro atoms. The largest absolute Gasteiger partial charge is 0.491 e. The van der Waals surface area contributed by atoms with Crippen LogP contribution in [0.3, 0.4) is 0 Å². The monoisotopic (exact) mass is 448 g/mol. The third kappa shape index (κ3) is 5.83. The maximum absolute atomic E-state index is 14.2. The van der Waals surface area contributed by atoms with Crippen LogP contribution in [0.5, 0.6) is 5.75 Å². The molecule has 2 aromatic heterocycles. The molecule has 3 rings (SSSR count). The number of carbonyl (C=O) groups excluding carboxylic acids is 1. The number of nitrogens with one attached hydrogen (secondary N) is 2. The maximum atomic E-state index is 14.2. The number of thiazole rings is 1. The predicted molar refractivity (Wildman–Crippen MR) is 117 cm³/mol. The van der Waals surface area contributed by atoms with Gasteiger partial charge in [0.05, 0.1) is 11.6 Å². The molecule has 30 heavy (non-hydrogen) atoms. The lowest BCUT2D eigenvalue weighted by molar-refractivity contribution is 0.0969. The number of rotatable bonds is 8. The van der Waals surface area contributed by atoms with Crippen molar-refractivity contribution in [2.24, 2.45) is 0 Å². The Balaban J connectivity index is 1.54. The van der Waals surface area contributed by atoms with Crippen LogP contribution in [-0.2, 0) is 0 Å². The number of ether oxygens (including phenoxy) is 1. The smallest absolute Gasteiger partial charge is 0.279 e. The fraction of sp³-hybridized carbons (Fsp3) is 0.300. The molecule has 1 amide bonds. The second-order valence-electron chi connectivity index (χ2n) is 6.44. The van der Waals surface area contributed by atoms with Crippen LogP contribution in [0, 0.1) is 12.7 Å². The summed E-state index contributed by atoms with van der Waals surface area (Å²) in [6, 6.07) is 5.88. The fourth-order valence-corrected chi connectivity index (χ4v) is 3.35. The highest BCUT2D eigenvalue weighted by molar-refractivity contribution is 7.80. The first-order valence-corrected chi connectivity index (χ1v) is 10.7. The highest BCUT2D eigenvalue weighted by Crippen LogP contribution is 2.23. The zero-order valence-electron chi connectivity index (χ0n) is 16.5. The zero-order chi connectivity index (χ0) is 21.5. The van der Waals surface area contributed by atoms with Gasteiger partial charge >= 0.3 is 0 Å². The molecule has 7 nitrogen and oxygen atoms in total.